The molecule has 0 saturated heterocycles. The minimum atomic E-state index is -1.63. The van der Waals surface area contributed by atoms with Gasteiger partial charge in [-0.15, -0.1) is 0 Å². The van der Waals surface area contributed by atoms with E-state index in [0.717, 1.165) is 5.56 Å². The zero-order valence-electron chi connectivity index (χ0n) is 20.8. The number of hydrogen-bond donors (Lipinski definition) is 3. The predicted molar refractivity (Wildman–Crippen MR) is 137 cm³/mol. The number of ether oxygens (including phenoxy) is 1. The molecule has 0 bridgehead atoms. The van der Waals surface area contributed by atoms with E-state index in [9.17, 15) is 19.6 Å². The fourth-order valence-corrected chi connectivity index (χ4v) is 3.26. The van der Waals surface area contributed by atoms with Gasteiger partial charge in [0.15, 0.2) is 0 Å². The van der Waals surface area contributed by atoms with Crippen LogP contribution >= 0.6 is 0 Å². The Morgan fingerprint density at radius 2 is 1.63 bits per heavy atom. The van der Waals surface area contributed by atoms with Crippen LogP contribution in [0.4, 0.5) is 4.79 Å². The number of benzene rings is 2. The zero-order valence-corrected chi connectivity index (χ0v) is 20.8. The average molecular weight is 482 g/mol. The van der Waals surface area contributed by atoms with E-state index in [1.807, 2.05) is 58.0 Å². The summed E-state index contributed by atoms with van der Waals surface area (Å²) < 4.78 is 5.27. The molecule has 3 N–H and O–H groups in total. The molecule has 188 valence electrons. The van der Waals surface area contributed by atoms with Crippen LogP contribution in [-0.4, -0.2) is 65.0 Å². The quantitative estimate of drug-likeness (QED) is 0.256. The fraction of sp³-hybridized carbons (Fsp3) is 0.400. The van der Waals surface area contributed by atoms with E-state index in [-0.39, 0.29) is 30.9 Å². The number of hydrazine groups is 1. The molecule has 0 aliphatic carbocycles. The van der Waals surface area contributed by atoms with Crippen LogP contribution in [0, 0.1) is 11.8 Å². The third kappa shape index (κ3) is 10.2. The van der Waals surface area contributed by atoms with Crippen LogP contribution in [0.2, 0.25) is 0 Å². The van der Waals surface area contributed by atoms with E-state index in [4.69, 9.17) is 4.74 Å². The van der Waals surface area contributed by atoms with Gasteiger partial charge in [-0.1, -0.05) is 82.3 Å². The standard InChI is InChI=1S/C25H35BN4O5/c1-19(2)15-29(27-14-22-12-8-9-13-23(22)26(33)34)17-24(31)30(16-20(3)4)28-25(32)35-18-21-10-6-5-7-11-21/h5-14,19-20,33-34H,15-18H2,1-4H3,(H,28,32)/b27-14+. The van der Waals surface area contributed by atoms with Crippen LogP contribution < -0.4 is 10.9 Å². The Morgan fingerprint density at radius 3 is 2.26 bits per heavy atom. The van der Waals surface area contributed by atoms with Crippen LogP contribution in [0.15, 0.2) is 59.7 Å². The van der Waals surface area contributed by atoms with Gasteiger partial charge in [0.1, 0.15) is 13.2 Å². The van der Waals surface area contributed by atoms with Gasteiger partial charge in [0.25, 0.3) is 5.91 Å². The van der Waals surface area contributed by atoms with Crippen molar-refractivity contribution in [2.24, 2.45) is 16.9 Å². The molecule has 10 heteroatoms. The van der Waals surface area contributed by atoms with Crippen molar-refractivity contribution in [2.45, 2.75) is 34.3 Å². The summed E-state index contributed by atoms with van der Waals surface area (Å²) in [5.74, 6) is -0.0297. The zero-order chi connectivity index (χ0) is 25.8. The first-order valence-corrected chi connectivity index (χ1v) is 11.7. The topological polar surface area (TPSA) is 115 Å². The summed E-state index contributed by atoms with van der Waals surface area (Å²) in [5, 5.41) is 26.5. The summed E-state index contributed by atoms with van der Waals surface area (Å²) >= 11 is 0. The lowest BCUT2D eigenvalue weighted by Gasteiger charge is -2.28. The molecule has 0 unspecified atom stereocenters. The van der Waals surface area contributed by atoms with E-state index < -0.39 is 13.2 Å². The summed E-state index contributed by atoms with van der Waals surface area (Å²) in [6, 6.07) is 16.1. The molecule has 0 aliphatic heterocycles. The highest BCUT2D eigenvalue weighted by Gasteiger charge is 2.21. The number of amides is 2. The second-order valence-electron chi connectivity index (χ2n) is 9.06. The first-order chi connectivity index (χ1) is 16.7. The number of rotatable bonds is 11. The number of carbonyl (C=O) groups is 2. The monoisotopic (exact) mass is 482 g/mol. The normalized spacial score (nSPS) is 11.1. The number of hydrogen-bond acceptors (Lipinski definition) is 7. The maximum absolute atomic E-state index is 13.1. The number of nitrogens with one attached hydrogen (secondary N) is 1. The van der Waals surface area contributed by atoms with Crippen LogP contribution in [0.25, 0.3) is 0 Å². The molecule has 2 aromatic rings. The van der Waals surface area contributed by atoms with Crippen molar-refractivity contribution in [3.63, 3.8) is 0 Å². The maximum Gasteiger partial charge on any atom is 0.489 e. The Balaban J connectivity index is 2.09. The van der Waals surface area contributed by atoms with Crippen molar-refractivity contribution in [1.82, 2.24) is 15.4 Å². The Kier molecular flexibility index (Phi) is 11.3. The third-order valence-corrected chi connectivity index (χ3v) is 4.82. The third-order valence-electron chi connectivity index (χ3n) is 4.82. The van der Waals surface area contributed by atoms with Crippen LogP contribution in [0.1, 0.15) is 38.8 Å². The van der Waals surface area contributed by atoms with Crippen molar-refractivity contribution < 1.29 is 24.4 Å². The molecule has 9 nitrogen and oxygen atoms in total. The van der Waals surface area contributed by atoms with Gasteiger partial charge in [0, 0.05) is 13.1 Å². The molecule has 0 atom stereocenters. The van der Waals surface area contributed by atoms with E-state index in [2.05, 4.69) is 10.5 Å². The molecule has 2 rings (SSSR count). The van der Waals surface area contributed by atoms with Crippen molar-refractivity contribution in [3.05, 3.63) is 65.7 Å². The molecule has 0 fully saturated rings. The molecule has 0 heterocycles. The summed E-state index contributed by atoms with van der Waals surface area (Å²) in [4.78, 5) is 25.5. The first-order valence-electron chi connectivity index (χ1n) is 11.7. The largest absolute Gasteiger partial charge is 0.489 e. The number of hydrazone groups is 1. The molecule has 0 saturated carbocycles. The van der Waals surface area contributed by atoms with Crippen molar-refractivity contribution in [3.8, 4) is 0 Å². The van der Waals surface area contributed by atoms with E-state index in [0.29, 0.717) is 24.1 Å². The fourth-order valence-electron chi connectivity index (χ4n) is 3.26. The minimum Gasteiger partial charge on any atom is -0.443 e. The lowest BCUT2D eigenvalue weighted by atomic mass is 9.77. The Morgan fingerprint density at radius 1 is 1.00 bits per heavy atom. The Labute approximate surface area is 207 Å². The van der Waals surface area contributed by atoms with E-state index in [1.165, 1.54) is 11.2 Å². The lowest BCUT2D eigenvalue weighted by Crippen LogP contribution is -2.51. The van der Waals surface area contributed by atoms with Gasteiger partial charge in [0.05, 0.1) is 6.21 Å². The molecular weight excluding hydrogens is 447 g/mol. The van der Waals surface area contributed by atoms with Gasteiger partial charge in [-0.25, -0.2) is 15.2 Å². The number of carbonyl (C=O) groups excluding carboxylic acids is 2. The highest BCUT2D eigenvalue weighted by atomic mass is 16.6. The molecule has 0 aliphatic rings. The highest BCUT2D eigenvalue weighted by Crippen LogP contribution is 2.05. The van der Waals surface area contributed by atoms with Crippen molar-refractivity contribution in [1.29, 1.82) is 0 Å². The lowest BCUT2D eigenvalue weighted by molar-refractivity contribution is -0.136. The molecule has 0 spiro atoms. The molecule has 0 radical (unpaired) electrons. The number of nitrogens with zero attached hydrogens (tertiary/aromatic N) is 3. The predicted octanol–water partition coefficient (Wildman–Crippen LogP) is 1.98. The molecule has 2 aromatic carbocycles. The van der Waals surface area contributed by atoms with Crippen LogP contribution in [0.5, 0.6) is 0 Å². The Hall–Kier alpha value is -3.37. The van der Waals surface area contributed by atoms with Gasteiger partial charge in [0.2, 0.25) is 0 Å². The molecule has 0 aromatic heterocycles. The van der Waals surface area contributed by atoms with Crippen molar-refractivity contribution in [2.75, 3.05) is 19.6 Å². The summed E-state index contributed by atoms with van der Waals surface area (Å²) in [6.45, 7) is 8.70. The van der Waals surface area contributed by atoms with E-state index in [1.54, 1.807) is 29.3 Å². The van der Waals surface area contributed by atoms with Crippen LogP contribution in [0.3, 0.4) is 0 Å². The average Bonchev–Trinajstić information content (AvgIpc) is 2.81. The first kappa shape index (κ1) is 27.9. The second kappa shape index (κ2) is 14.1. The van der Waals surface area contributed by atoms with Gasteiger partial charge >= 0.3 is 13.2 Å². The molecule has 35 heavy (non-hydrogen) atoms. The van der Waals surface area contributed by atoms with E-state index >= 15 is 0 Å². The van der Waals surface area contributed by atoms with Crippen LogP contribution in [-0.2, 0) is 16.1 Å². The second-order valence-corrected chi connectivity index (χ2v) is 9.06. The molecular formula is C25H35BN4O5. The SMILES string of the molecule is CC(C)CN(CC(=O)N(CC(C)C)NC(=O)OCc1ccccc1)/N=C/c1ccccc1B(O)O. The highest BCUT2D eigenvalue weighted by molar-refractivity contribution is 6.60. The summed E-state index contributed by atoms with van der Waals surface area (Å²) in [5.41, 5.74) is 4.24. The minimum absolute atomic E-state index is 0.0792. The van der Waals surface area contributed by atoms with Gasteiger partial charge in [-0.05, 0) is 28.4 Å². The summed E-state index contributed by atoms with van der Waals surface area (Å²) in [6.07, 6.45) is 0.784. The maximum atomic E-state index is 13.1. The van der Waals surface area contributed by atoms with Gasteiger partial charge < -0.3 is 14.8 Å². The van der Waals surface area contributed by atoms with Gasteiger partial charge in [-0.2, -0.15) is 5.10 Å². The van der Waals surface area contributed by atoms with Gasteiger partial charge in [-0.3, -0.25) is 9.80 Å². The Bertz CT molecular complexity index is 969. The smallest absolute Gasteiger partial charge is 0.443 e. The van der Waals surface area contributed by atoms with Crippen molar-refractivity contribution >= 4 is 30.8 Å². The molecule has 2 amide bonds. The summed E-state index contributed by atoms with van der Waals surface area (Å²) in [7, 11) is -1.63.